The van der Waals surface area contributed by atoms with E-state index in [1.54, 1.807) is 10.6 Å². The Bertz CT molecular complexity index is 599. The van der Waals surface area contributed by atoms with E-state index in [1.165, 1.54) is 6.07 Å². The molecule has 1 saturated carbocycles. The summed E-state index contributed by atoms with van der Waals surface area (Å²) in [6, 6.07) is 3.91. The van der Waals surface area contributed by atoms with E-state index in [4.69, 9.17) is 0 Å². The van der Waals surface area contributed by atoms with Crippen molar-refractivity contribution in [1.82, 2.24) is 4.57 Å². The summed E-state index contributed by atoms with van der Waals surface area (Å²) in [5.74, 6) is -1.18. The molecule has 0 saturated heterocycles. The fourth-order valence-electron chi connectivity index (χ4n) is 2.14. The molecule has 3 rings (SSSR count). The van der Waals surface area contributed by atoms with Crippen molar-refractivity contribution in [3.8, 4) is 0 Å². The van der Waals surface area contributed by atoms with Gasteiger partial charge < -0.3 is 4.57 Å². The van der Waals surface area contributed by atoms with E-state index in [1.807, 2.05) is 0 Å². The SMILES string of the molecule is O=Cc1cc2cc(F)c(F)cc2n1CC1CC1. The maximum Gasteiger partial charge on any atom is 0.166 e. The molecule has 1 aliphatic carbocycles. The average Bonchev–Trinajstić information content (AvgIpc) is 3.06. The lowest BCUT2D eigenvalue weighted by Gasteiger charge is -2.06. The predicted octanol–water partition coefficient (Wildman–Crippen LogP) is 3.14. The Morgan fingerprint density at radius 1 is 1.24 bits per heavy atom. The standard InChI is InChI=1S/C13H11F2NO/c14-11-4-9-3-10(7-17)16(6-8-1-2-8)13(9)5-12(11)15/h3-5,7-8H,1-2,6H2. The molecule has 0 amide bonds. The molecule has 0 bridgehead atoms. The fourth-order valence-corrected chi connectivity index (χ4v) is 2.14. The van der Waals surface area contributed by atoms with Crippen molar-refractivity contribution in [2.75, 3.05) is 0 Å². The minimum atomic E-state index is -0.876. The summed E-state index contributed by atoms with van der Waals surface area (Å²) in [6.45, 7) is 0.711. The number of carbonyl (C=O) groups excluding carboxylic acids is 1. The normalized spacial score (nSPS) is 15.4. The first kappa shape index (κ1) is 10.4. The van der Waals surface area contributed by atoms with Crippen molar-refractivity contribution in [2.45, 2.75) is 19.4 Å². The van der Waals surface area contributed by atoms with Crippen LogP contribution in [0.5, 0.6) is 0 Å². The van der Waals surface area contributed by atoms with Gasteiger partial charge in [-0.1, -0.05) is 0 Å². The molecule has 4 heteroatoms. The maximum absolute atomic E-state index is 13.2. The highest BCUT2D eigenvalue weighted by Gasteiger charge is 2.24. The van der Waals surface area contributed by atoms with Crippen LogP contribution in [0.15, 0.2) is 18.2 Å². The monoisotopic (exact) mass is 235 g/mol. The number of aldehydes is 1. The van der Waals surface area contributed by atoms with Crippen molar-refractivity contribution in [3.05, 3.63) is 35.5 Å². The molecule has 2 nitrogen and oxygen atoms in total. The Morgan fingerprint density at radius 2 is 1.94 bits per heavy atom. The Morgan fingerprint density at radius 3 is 2.59 bits per heavy atom. The molecular weight excluding hydrogens is 224 g/mol. The van der Waals surface area contributed by atoms with Gasteiger partial charge >= 0.3 is 0 Å². The molecule has 0 radical (unpaired) electrons. The number of hydrogen-bond acceptors (Lipinski definition) is 1. The molecule has 2 aromatic rings. The molecule has 1 heterocycles. The average molecular weight is 235 g/mol. The van der Waals surface area contributed by atoms with Crippen LogP contribution in [-0.4, -0.2) is 10.9 Å². The van der Waals surface area contributed by atoms with Crippen LogP contribution in [0, 0.1) is 17.6 Å². The molecule has 0 aliphatic heterocycles. The zero-order chi connectivity index (χ0) is 12.0. The summed E-state index contributed by atoms with van der Waals surface area (Å²) in [4.78, 5) is 11.0. The molecule has 0 spiro atoms. The van der Waals surface area contributed by atoms with Crippen LogP contribution >= 0.6 is 0 Å². The molecule has 1 aromatic carbocycles. The smallest absolute Gasteiger partial charge is 0.166 e. The van der Waals surface area contributed by atoms with Gasteiger partial charge in [-0.05, 0) is 30.9 Å². The minimum Gasteiger partial charge on any atom is -0.338 e. The van der Waals surface area contributed by atoms with Crippen molar-refractivity contribution >= 4 is 17.2 Å². The van der Waals surface area contributed by atoms with Crippen LogP contribution in [-0.2, 0) is 6.54 Å². The second kappa shape index (κ2) is 3.65. The summed E-state index contributed by atoms with van der Waals surface area (Å²) in [6.07, 6.45) is 3.02. The number of benzene rings is 1. The van der Waals surface area contributed by atoms with E-state index < -0.39 is 11.6 Å². The van der Waals surface area contributed by atoms with Gasteiger partial charge in [-0.2, -0.15) is 0 Å². The maximum atomic E-state index is 13.2. The van der Waals surface area contributed by atoms with Gasteiger partial charge in [0, 0.05) is 18.0 Å². The van der Waals surface area contributed by atoms with Gasteiger partial charge in [0.05, 0.1) is 11.2 Å². The van der Waals surface area contributed by atoms with Gasteiger partial charge in [-0.3, -0.25) is 4.79 Å². The zero-order valence-corrected chi connectivity index (χ0v) is 9.12. The van der Waals surface area contributed by atoms with E-state index in [0.717, 1.165) is 25.2 Å². The second-order valence-corrected chi connectivity index (χ2v) is 4.57. The van der Waals surface area contributed by atoms with Crippen LogP contribution in [0.25, 0.3) is 10.9 Å². The minimum absolute atomic E-state index is 0.483. The lowest BCUT2D eigenvalue weighted by atomic mass is 10.2. The topological polar surface area (TPSA) is 22.0 Å². The molecule has 88 valence electrons. The Kier molecular flexibility index (Phi) is 2.24. The molecule has 0 unspecified atom stereocenters. The predicted molar refractivity (Wildman–Crippen MR) is 60.0 cm³/mol. The number of carbonyl (C=O) groups is 1. The summed E-state index contributed by atoms with van der Waals surface area (Å²) in [5.41, 5.74) is 1.08. The van der Waals surface area contributed by atoms with Gasteiger partial charge in [0.1, 0.15) is 0 Å². The summed E-state index contributed by atoms with van der Waals surface area (Å²) < 4.78 is 28.1. The van der Waals surface area contributed by atoms with E-state index in [-0.39, 0.29) is 0 Å². The number of fused-ring (bicyclic) bond motifs is 1. The zero-order valence-electron chi connectivity index (χ0n) is 9.12. The first-order valence-electron chi connectivity index (χ1n) is 5.62. The first-order valence-corrected chi connectivity index (χ1v) is 5.62. The second-order valence-electron chi connectivity index (χ2n) is 4.57. The molecule has 1 fully saturated rings. The molecule has 1 aromatic heterocycles. The number of nitrogens with zero attached hydrogens (tertiary/aromatic N) is 1. The van der Waals surface area contributed by atoms with Crippen LogP contribution < -0.4 is 0 Å². The van der Waals surface area contributed by atoms with E-state index in [0.29, 0.717) is 29.1 Å². The van der Waals surface area contributed by atoms with Crippen LogP contribution in [0.1, 0.15) is 23.3 Å². The molecule has 0 N–H and O–H groups in total. The van der Waals surface area contributed by atoms with Crippen LogP contribution in [0.4, 0.5) is 8.78 Å². The number of halogens is 2. The van der Waals surface area contributed by atoms with E-state index in [2.05, 4.69) is 0 Å². The van der Waals surface area contributed by atoms with Gasteiger partial charge in [0.15, 0.2) is 17.9 Å². The van der Waals surface area contributed by atoms with Crippen molar-refractivity contribution in [3.63, 3.8) is 0 Å². The fraction of sp³-hybridized carbons (Fsp3) is 0.308. The van der Waals surface area contributed by atoms with Crippen molar-refractivity contribution in [2.24, 2.45) is 5.92 Å². The molecular formula is C13H11F2NO. The Labute approximate surface area is 96.8 Å². The van der Waals surface area contributed by atoms with Gasteiger partial charge in [0.2, 0.25) is 0 Å². The van der Waals surface area contributed by atoms with Gasteiger partial charge in [-0.25, -0.2) is 8.78 Å². The van der Waals surface area contributed by atoms with E-state index >= 15 is 0 Å². The third-order valence-corrected chi connectivity index (χ3v) is 3.23. The van der Waals surface area contributed by atoms with E-state index in [9.17, 15) is 13.6 Å². The van der Waals surface area contributed by atoms with Gasteiger partial charge in [-0.15, -0.1) is 0 Å². The lowest BCUT2D eigenvalue weighted by molar-refractivity contribution is 0.111. The number of rotatable bonds is 3. The number of aromatic nitrogens is 1. The summed E-state index contributed by atoms with van der Waals surface area (Å²) in [7, 11) is 0. The highest BCUT2D eigenvalue weighted by molar-refractivity contribution is 5.89. The Hall–Kier alpha value is -1.71. The quantitative estimate of drug-likeness (QED) is 0.749. The van der Waals surface area contributed by atoms with Gasteiger partial charge in [0.25, 0.3) is 0 Å². The van der Waals surface area contributed by atoms with Crippen molar-refractivity contribution in [1.29, 1.82) is 0 Å². The van der Waals surface area contributed by atoms with Crippen molar-refractivity contribution < 1.29 is 13.6 Å². The Balaban J connectivity index is 2.20. The highest BCUT2D eigenvalue weighted by Crippen LogP contribution is 2.33. The van der Waals surface area contributed by atoms with Crippen LogP contribution in [0.3, 0.4) is 0 Å². The highest BCUT2D eigenvalue weighted by atomic mass is 19.2. The summed E-state index contributed by atoms with van der Waals surface area (Å²) in [5, 5.41) is 0.576. The lowest BCUT2D eigenvalue weighted by Crippen LogP contribution is -2.03. The molecule has 1 aliphatic rings. The summed E-state index contributed by atoms with van der Waals surface area (Å²) >= 11 is 0. The van der Waals surface area contributed by atoms with Crippen LogP contribution in [0.2, 0.25) is 0 Å². The molecule has 0 atom stereocenters. The number of hydrogen-bond donors (Lipinski definition) is 0. The largest absolute Gasteiger partial charge is 0.338 e. The molecule has 17 heavy (non-hydrogen) atoms. The first-order chi connectivity index (χ1) is 8.19. The third kappa shape index (κ3) is 1.73. The third-order valence-electron chi connectivity index (χ3n) is 3.23.